The van der Waals surface area contributed by atoms with Gasteiger partial charge in [-0.1, -0.05) is 21.3 Å². The van der Waals surface area contributed by atoms with Crippen molar-refractivity contribution in [1.82, 2.24) is 4.59 Å². The fraction of sp³-hybridized carbons (Fsp3) is 0.207. The van der Waals surface area contributed by atoms with Gasteiger partial charge in [-0.15, -0.1) is 0 Å². The molecule has 0 bridgehead atoms. The third-order valence-electron chi connectivity index (χ3n) is 6.43. The topological polar surface area (TPSA) is 108 Å². The molecule has 17 heteroatoms. The third kappa shape index (κ3) is 7.19. The zero-order valence-corrected chi connectivity index (χ0v) is 26.4. The van der Waals surface area contributed by atoms with Crippen molar-refractivity contribution in [2.45, 2.75) is 29.8 Å². The molecule has 0 N–H and O–H groups in total. The van der Waals surface area contributed by atoms with Crippen LogP contribution < -0.4 is 9.33 Å². The maximum atomic E-state index is 15.5. The van der Waals surface area contributed by atoms with E-state index >= 15 is 8.78 Å². The molecular formula is C29H23ClF5N2O7S2+. The summed E-state index contributed by atoms with van der Waals surface area (Å²) in [4.78, 5) is 21.4. The summed E-state index contributed by atoms with van der Waals surface area (Å²) in [5, 5.41) is 3.94. The number of halogens is 6. The SMILES string of the molecule is COc1ccc([N+]2(c3ccc(S(=O)COC(C)=O)c(F)c3)N=C(C(F)(F)F)C=C2c2ccc(S(=O)COC(C)=O)c(F)c2)cc1Cl. The molecule has 0 spiro atoms. The van der Waals surface area contributed by atoms with Crippen LogP contribution in [-0.2, 0) is 40.7 Å². The predicted octanol–water partition coefficient (Wildman–Crippen LogP) is 6.50. The number of hydrogen-bond donors (Lipinski definition) is 0. The summed E-state index contributed by atoms with van der Waals surface area (Å²) in [6.45, 7) is 2.13. The monoisotopic (exact) mass is 705 g/mol. The van der Waals surface area contributed by atoms with Crippen LogP contribution in [0.5, 0.6) is 5.75 Å². The maximum absolute atomic E-state index is 15.5. The molecule has 1 aliphatic rings. The van der Waals surface area contributed by atoms with E-state index in [-0.39, 0.29) is 33.4 Å². The lowest BCUT2D eigenvalue weighted by atomic mass is 10.1. The Morgan fingerprint density at radius 1 is 0.848 bits per heavy atom. The van der Waals surface area contributed by atoms with Crippen LogP contribution in [0.3, 0.4) is 0 Å². The van der Waals surface area contributed by atoms with E-state index < -0.39 is 83.3 Å². The summed E-state index contributed by atoms with van der Waals surface area (Å²) in [5.41, 5.74) is -2.23. The van der Waals surface area contributed by atoms with Crippen molar-refractivity contribution in [3.63, 3.8) is 0 Å². The van der Waals surface area contributed by atoms with E-state index in [1.807, 2.05) is 0 Å². The van der Waals surface area contributed by atoms with Gasteiger partial charge in [0.2, 0.25) is 5.71 Å². The molecule has 3 aromatic carbocycles. The van der Waals surface area contributed by atoms with Crippen LogP contribution in [0, 0.1) is 11.6 Å². The molecule has 0 saturated heterocycles. The van der Waals surface area contributed by atoms with Gasteiger partial charge in [0, 0.05) is 49.8 Å². The van der Waals surface area contributed by atoms with Crippen molar-refractivity contribution in [2.75, 3.05) is 19.0 Å². The first-order chi connectivity index (χ1) is 21.6. The molecular weight excluding hydrogens is 683 g/mol. The van der Waals surface area contributed by atoms with Gasteiger partial charge < -0.3 is 14.2 Å². The normalized spacial score (nSPS) is 17.5. The Kier molecular flexibility index (Phi) is 10.5. The number of methoxy groups -OCH3 is 1. The second-order valence-electron chi connectivity index (χ2n) is 9.43. The lowest BCUT2D eigenvalue weighted by Crippen LogP contribution is -2.35. The fourth-order valence-electron chi connectivity index (χ4n) is 4.40. The Bertz CT molecular complexity index is 1830. The van der Waals surface area contributed by atoms with E-state index in [1.54, 1.807) is 0 Å². The number of allylic oxidation sites excluding steroid dienone is 1. The van der Waals surface area contributed by atoms with Gasteiger partial charge in [0.05, 0.1) is 43.5 Å². The van der Waals surface area contributed by atoms with Crippen molar-refractivity contribution in [1.29, 1.82) is 0 Å². The molecule has 0 fully saturated rings. The summed E-state index contributed by atoms with van der Waals surface area (Å²) in [5.74, 6) is -4.93. The van der Waals surface area contributed by atoms with E-state index in [0.29, 0.717) is 6.08 Å². The number of carbonyl (C=O) groups excluding carboxylic acids is 2. The number of carbonyl (C=O) groups is 2. The summed E-state index contributed by atoms with van der Waals surface area (Å²) in [7, 11) is -3.02. The molecule has 4 rings (SSSR count). The number of alkyl halides is 3. The molecule has 0 radical (unpaired) electrons. The first-order valence-corrected chi connectivity index (χ1v) is 15.9. The van der Waals surface area contributed by atoms with Crippen LogP contribution in [0.2, 0.25) is 5.02 Å². The largest absolute Gasteiger partial charge is 0.495 e. The molecule has 244 valence electrons. The first kappa shape index (κ1) is 34.9. The number of rotatable bonds is 10. The molecule has 9 nitrogen and oxygen atoms in total. The van der Waals surface area contributed by atoms with Gasteiger partial charge in [0.1, 0.15) is 17.4 Å². The van der Waals surface area contributed by atoms with Crippen LogP contribution in [0.25, 0.3) is 5.70 Å². The van der Waals surface area contributed by atoms with Gasteiger partial charge in [0.15, 0.2) is 28.9 Å². The number of ether oxygens (including phenoxy) is 3. The second-order valence-corrected chi connectivity index (χ2v) is 12.6. The smallest absolute Gasteiger partial charge is 0.438 e. The van der Waals surface area contributed by atoms with E-state index in [0.717, 1.165) is 44.2 Å². The van der Waals surface area contributed by atoms with Gasteiger partial charge in [-0.25, -0.2) is 8.78 Å². The number of esters is 2. The van der Waals surface area contributed by atoms with Gasteiger partial charge in [0.25, 0.3) is 0 Å². The van der Waals surface area contributed by atoms with Crippen LogP contribution in [-0.4, -0.2) is 51.2 Å². The second kappa shape index (κ2) is 13.8. The molecule has 0 amide bonds. The Hall–Kier alpha value is -3.99. The maximum Gasteiger partial charge on any atom is 0.438 e. The average molecular weight is 706 g/mol. The summed E-state index contributed by atoms with van der Waals surface area (Å²) >= 11 is 6.36. The first-order valence-electron chi connectivity index (χ1n) is 12.8. The Labute approximate surface area is 268 Å². The molecule has 0 aliphatic carbocycles. The Balaban J connectivity index is 1.97. The third-order valence-corrected chi connectivity index (χ3v) is 9.03. The van der Waals surface area contributed by atoms with Crippen molar-refractivity contribution in [2.24, 2.45) is 5.10 Å². The average Bonchev–Trinajstić information content (AvgIpc) is 3.41. The van der Waals surface area contributed by atoms with E-state index in [1.165, 1.54) is 31.4 Å². The van der Waals surface area contributed by atoms with Crippen molar-refractivity contribution >= 4 is 67.9 Å². The van der Waals surface area contributed by atoms with Gasteiger partial charge >= 0.3 is 18.1 Å². The molecule has 0 saturated carbocycles. The molecule has 3 unspecified atom stereocenters. The molecule has 0 aromatic heterocycles. The van der Waals surface area contributed by atoms with Crippen molar-refractivity contribution in [3.8, 4) is 5.75 Å². The van der Waals surface area contributed by atoms with E-state index in [9.17, 15) is 31.2 Å². The zero-order chi connectivity index (χ0) is 34.0. The Morgan fingerprint density at radius 2 is 1.37 bits per heavy atom. The molecule has 1 heterocycles. The van der Waals surface area contributed by atoms with Crippen molar-refractivity contribution in [3.05, 3.63) is 82.9 Å². The molecule has 46 heavy (non-hydrogen) atoms. The highest BCUT2D eigenvalue weighted by Crippen LogP contribution is 2.50. The van der Waals surface area contributed by atoms with Crippen molar-refractivity contribution < 1.29 is 54.2 Å². The van der Waals surface area contributed by atoms with Gasteiger partial charge in [-0.3, -0.25) is 18.0 Å². The minimum atomic E-state index is -5.03. The number of hydrogen-bond acceptors (Lipinski definition) is 8. The lowest BCUT2D eigenvalue weighted by molar-refractivity contribution is -0.139. The lowest BCUT2D eigenvalue weighted by Gasteiger charge is -2.31. The molecule has 3 atom stereocenters. The molecule has 1 aliphatic heterocycles. The number of benzene rings is 3. The highest BCUT2D eigenvalue weighted by Gasteiger charge is 2.51. The summed E-state index contributed by atoms with van der Waals surface area (Å²) in [6.07, 6.45) is -4.39. The van der Waals surface area contributed by atoms with E-state index in [4.69, 9.17) is 16.3 Å². The zero-order valence-electron chi connectivity index (χ0n) is 24.0. The van der Waals surface area contributed by atoms with Crippen LogP contribution >= 0.6 is 11.6 Å². The number of quaternary nitrogens is 1. The van der Waals surface area contributed by atoms with E-state index in [2.05, 4.69) is 14.6 Å². The standard InChI is InChI=1S/C29H23ClF5N2O7S2/c1-16(38)43-14-45(40)26-8-4-18(10-22(26)31)24-13-28(29(33,34)35)36-37(24,19-5-7-25(42-3)21(30)11-19)20-6-9-27(23(32)12-20)46(41)15-44-17(2)39/h4-13H,14-15H2,1-3H3/q+1. The minimum absolute atomic E-state index is 0.0468. The molecule has 3 aromatic rings. The highest BCUT2D eigenvalue weighted by atomic mass is 35.5. The van der Waals surface area contributed by atoms with Crippen LogP contribution in [0.15, 0.2) is 75.6 Å². The van der Waals surface area contributed by atoms with Crippen LogP contribution in [0.1, 0.15) is 19.4 Å². The Morgan fingerprint density at radius 3 is 1.85 bits per heavy atom. The summed E-state index contributed by atoms with van der Waals surface area (Å²) < 4.78 is 112. The quantitative estimate of drug-likeness (QED) is 0.135. The highest BCUT2D eigenvalue weighted by molar-refractivity contribution is 7.85. The minimum Gasteiger partial charge on any atom is -0.495 e. The van der Waals surface area contributed by atoms with Gasteiger partial charge in [-0.2, -0.15) is 13.2 Å². The predicted molar refractivity (Wildman–Crippen MR) is 160 cm³/mol. The number of nitrogens with zero attached hydrogens (tertiary/aromatic N) is 2. The van der Waals surface area contributed by atoms with Crippen LogP contribution in [0.4, 0.5) is 33.3 Å². The van der Waals surface area contributed by atoms with Gasteiger partial charge in [-0.05, 0) is 30.3 Å². The summed E-state index contributed by atoms with van der Waals surface area (Å²) in [6, 6.07) is 9.96. The fourth-order valence-corrected chi connectivity index (χ4v) is 6.44.